The number of hydrogen-bond acceptors (Lipinski definition) is 4. The Morgan fingerprint density at radius 1 is 0.574 bits per heavy atom. The van der Waals surface area contributed by atoms with E-state index >= 15 is 0 Å². The van der Waals surface area contributed by atoms with Gasteiger partial charge < -0.3 is 28.1 Å². The van der Waals surface area contributed by atoms with Crippen LogP contribution in [0.2, 0.25) is 0 Å². The summed E-state index contributed by atoms with van der Waals surface area (Å²) in [5.74, 6) is 3.89. The first-order valence-electron chi connectivity index (χ1n) is 26.1. The van der Waals surface area contributed by atoms with E-state index in [1.54, 1.807) is 0 Å². The molecular formula is C62H94N2O4. The Hall–Kier alpha value is -4.45. The predicted octanol–water partition coefficient (Wildman–Crippen LogP) is 15.6. The number of nitrogens with zero attached hydrogens (tertiary/aromatic N) is 2. The molecule has 1 heterocycles. The Morgan fingerprint density at radius 2 is 1.00 bits per heavy atom. The second-order valence-electron chi connectivity index (χ2n) is 23.5. The van der Waals surface area contributed by atoms with Crippen molar-refractivity contribution in [1.29, 1.82) is 0 Å². The van der Waals surface area contributed by atoms with Gasteiger partial charge in [-0.2, -0.15) is 0 Å². The molecule has 0 amide bonds. The van der Waals surface area contributed by atoms with E-state index in [4.69, 9.17) is 18.9 Å². The lowest BCUT2D eigenvalue weighted by Gasteiger charge is -2.28. The molecule has 0 spiro atoms. The SMILES string of the molecule is CCCO/C(C)=C(/C=C(\C)C(C)(C)C)Cc1cc(C(C)(C)C)cc(Cc2cc(C(C)(C)C)cc(Cc3cc(C(C)(C)C)cc(CC)c3OCCC)c2OCCC)c1OCc1cn(C)[c-][n+]1CCC. The van der Waals surface area contributed by atoms with Crippen LogP contribution in [0, 0.1) is 11.7 Å². The fraction of sp³-hybridized carbons (Fsp3) is 0.597. The van der Waals surface area contributed by atoms with Gasteiger partial charge in [-0.05, 0) is 129 Å². The average Bonchev–Trinajstić information content (AvgIpc) is 3.60. The van der Waals surface area contributed by atoms with Gasteiger partial charge in [0.2, 0.25) is 6.33 Å². The third kappa shape index (κ3) is 15.3. The van der Waals surface area contributed by atoms with E-state index in [1.165, 1.54) is 50.1 Å². The molecule has 0 bridgehead atoms. The van der Waals surface area contributed by atoms with E-state index in [-0.39, 0.29) is 21.7 Å². The lowest BCUT2D eigenvalue weighted by Crippen LogP contribution is -2.36. The summed E-state index contributed by atoms with van der Waals surface area (Å²) >= 11 is 0. The molecule has 6 heteroatoms. The maximum atomic E-state index is 7.30. The average molecular weight is 931 g/mol. The summed E-state index contributed by atoms with van der Waals surface area (Å²) in [5, 5.41) is 0. The Kier molecular flexibility index (Phi) is 19.7. The minimum atomic E-state index is -0.126. The van der Waals surface area contributed by atoms with Gasteiger partial charge in [-0.1, -0.05) is 166 Å². The van der Waals surface area contributed by atoms with Gasteiger partial charge in [-0.15, -0.1) is 0 Å². The molecular weight excluding hydrogens is 837 g/mol. The third-order valence-electron chi connectivity index (χ3n) is 13.1. The highest BCUT2D eigenvalue weighted by Gasteiger charge is 2.27. The van der Waals surface area contributed by atoms with E-state index < -0.39 is 0 Å². The molecule has 3 aromatic carbocycles. The van der Waals surface area contributed by atoms with Crippen LogP contribution < -0.4 is 18.8 Å². The lowest BCUT2D eigenvalue weighted by atomic mass is 9.80. The second-order valence-corrected chi connectivity index (χ2v) is 23.5. The summed E-state index contributed by atoms with van der Waals surface area (Å²) < 4.78 is 31.7. The van der Waals surface area contributed by atoms with Crippen molar-refractivity contribution < 1.29 is 23.5 Å². The number of benzene rings is 3. The molecule has 6 nitrogen and oxygen atoms in total. The Morgan fingerprint density at radius 3 is 1.41 bits per heavy atom. The number of aryl methyl sites for hydroxylation is 3. The van der Waals surface area contributed by atoms with E-state index in [1.807, 2.05) is 11.6 Å². The molecule has 1 aromatic heterocycles. The minimum Gasteiger partial charge on any atom is -0.498 e. The highest BCUT2D eigenvalue weighted by atomic mass is 16.5. The zero-order valence-electron chi connectivity index (χ0n) is 46.8. The van der Waals surface area contributed by atoms with Gasteiger partial charge in [0, 0.05) is 25.0 Å². The molecule has 4 rings (SSSR count). The minimum absolute atomic E-state index is 0.00444. The molecule has 0 fully saturated rings. The summed E-state index contributed by atoms with van der Waals surface area (Å²) in [6.07, 6.45) is 14.7. The van der Waals surface area contributed by atoms with Crippen LogP contribution >= 0.6 is 0 Å². The monoisotopic (exact) mass is 931 g/mol. The fourth-order valence-corrected chi connectivity index (χ4v) is 8.42. The molecule has 0 unspecified atom stereocenters. The third-order valence-corrected chi connectivity index (χ3v) is 13.1. The van der Waals surface area contributed by atoms with Crippen molar-refractivity contribution >= 4 is 0 Å². The lowest BCUT2D eigenvalue weighted by molar-refractivity contribution is -0.708. The number of rotatable bonds is 22. The first kappa shape index (κ1) is 56.1. The van der Waals surface area contributed by atoms with Crippen molar-refractivity contribution in [2.45, 2.75) is 212 Å². The van der Waals surface area contributed by atoms with Crippen LogP contribution in [0.4, 0.5) is 0 Å². The van der Waals surface area contributed by atoms with Gasteiger partial charge in [0.25, 0.3) is 0 Å². The first-order chi connectivity index (χ1) is 31.7. The van der Waals surface area contributed by atoms with Gasteiger partial charge in [0.15, 0.2) is 0 Å². The normalized spacial score (nSPS) is 13.2. The molecule has 0 aliphatic heterocycles. The van der Waals surface area contributed by atoms with E-state index in [0.29, 0.717) is 45.7 Å². The molecule has 0 radical (unpaired) electrons. The van der Waals surface area contributed by atoms with Crippen LogP contribution in [-0.2, 0) is 66.9 Å². The first-order valence-corrected chi connectivity index (χ1v) is 26.1. The maximum absolute atomic E-state index is 7.30. The Bertz CT molecular complexity index is 2350. The molecule has 0 aliphatic rings. The van der Waals surface area contributed by atoms with Crippen molar-refractivity contribution in [3.63, 3.8) is 0 Å². The van der Waals surface area contributed by atoms with Crippen LogP contribution in [0.1, 0.15) is 213 Å². The highest BCUT2D eigenvalue weighted by molar-refractivity contribution is 5.57. The van der Waals surface area contributed by atoms with Crippen LogP contribution in [-0.4, -0.2) is 24.4 Å². The van der Waals surface area contributed by atoms with E-state index in [9.17, 15) is 0 Å². The largest absolute Gasteiger partial charge is 0.498 e. The van der Waals surface area contributed by atoms with E-state index in [2.05, 4.69) is 191 Å². The summed E-state index contributed by atoms with van der Waals surface area (Å²) in [4.78, 5) is 0. The van der Waals surface area contributed by atoms with Crippen molar-refractivity contribution in [3.05, 3.63) is 128 Å². The Labute approximate surface area is 415 Å². The van der Waals surface area contributed by atoms with Gasteiger partial charge in [-0.25, -0.2) is 0 Å². The zero-order chi connectivity index (χ0) is 50.8. The highest BCUT2D eigenvalue weighted by Crippen LogP contribution is 2.42. The summed E-state index contributed by atoms with van der Waals surface area (Å²) in [6, 6.07) is 14.4. The summed E-state index contributed by atoms with van der Waals surface area (Å²) in [7, 11) is 2.05. The van der Waals surface area contributed by atoms with Gasteiger partial charge >= 0.3 is 0 Å². The molecule has 376 valence electrons. The smallest absolute Gasteiger partial charge is 0.204 e. The van der Waals surface area contributed by atoms with Gasteiger partial charge in [-0.3, -0.25) is 0 Å². The number of aromatic nitrogens is 2. The molecule has 0 aliphatic carbocycles. The van der Waals surface area contributed by atoms with Crippen LogP contribution in [0.15, 0.2) is 65.6 Å². The molecule has 0 atom stereocenters. The maximum Gasteiger partial charge on any atom is 0.204 e. The quantitative estimate of drug-likeness (QED) is 0.0341. The van der Waals surface area contributed by atoms with Crippen molar-refractivity contribution in [1.82, 2.24) is 4.57 Å². The number of ether oxygens (including phenoxy) is 4. The molecule has 0 saturated heterocycles. The predicted molar refractivity (Wildman–Crippen MR) is 287 cm³/mol. The zero-order valence-corrected chi connectivity index (χ0v) is 46.8. The van der Waals surface area contributed by atoms with Crippen molar-refractivity contribution in [2.75, 3.05) is 19.8 Å². The van der Waals surface area contributed by atoms with Crippen LogP contribution in [0.25, 0.3) is 0 Å². The van der Waals surface area contributed by atoms with Crippen molar-refractivity contribution in [2.24, 2.45) is 12.5 Å². The number of hydrogen-bond donors (Lipinski definition) is 0. The standard InChI is InChI=1S/C62H94N2O4/c1-21-26-64-42-63(20)40-55(64)41-68-58-47(31-46(44(7)65-27-22-2)30-43(6)59(8,9)10)35-53(61(14,15)16)39-51(58)33-50-38-54(62(17,18)19)37-49(57(50)67-29-24-4)32-48-36-52(60(11,12)13)34-45(25-5)56(48)66-28-23-3/h30,34-40H,21-29,31-33,41H2,1-20H3/b43-30+,46-44-. The molecule has 0 N–H and O–H groups in total. The fourth-order valence-electron chi connectivity index (χ4n) is 8.42. The van der Waals surface area contributed by atoms with Gasteiger partial charge in [0.1, 0.15) is 17.2 Å². The summed E-state index contributed by atoms with van der Waals surface area (Å²) in [5.41, 5.74) is 14.4. The van der Waals surface area contributed by atoms with Crippen LogP contribution in [0.5, 0.6) is 17.2 Å². The number of allylic oxidation sites excluding steroid dienone is 4. The Balaban J connectivity index is 2.13. The topological polar surface area (TPSA) is 45.7 Å². The molecule has 68 heavy (non-hydrogen) atoms. The van der Waals surface area contributed by atoms with Crippen molar-refractivity contribution in [3.8, 4) is 17.2 Å². The van der Waals surface area contributed by atoms with Gasteiger partial charge in [0.05, 0.1) is 45.8 Å². The number of imidazole rings is 1. The summed E-state index contributed by atoms with van der Waals surface area (Å²) in [6.45, 7) is 46.4. The second kappa shape index (κ2) is 23.9. The van der Waals surface area contributed by atoms with Crippen LogP contribution in [0.3, 0.4) is 0 Å². The molecule has 4 aromatic rings. The van der Waals surface area contributed by atoms with E-state index in [0.717, 1.165) is 78.5 Å². The molecule has 0 saturated carbocycles.